The third-order valence-corrected chi connectivity index (χ3v) is 4.34. The highest BCUT2D eigenvalue weighted by molar-refractivity contribution is 6.04. The van der Waals surface area contributed by atoms with Gasteiger partial charge in [0.05, 0.1) is 11.4 Å². The van der Waals surface area contributed by atoms with Crippen molar-refractivity contribution in [1.82, 2.24) is 5.16 Å². The second-order valence-electron chi connectivity index (χ2n) is 6.05. The number of hydrogen-bond acceptors (Lipinski definition) is 4. The number of aromatic nitrogens is 1. The highest BCUT2D eigenvalue weighted by Gasteiger charge is 2.29. The Kier molecular flexibility index (Phi) is 3.33. The Morgan fingerprint density at radius 3 is 2.77 bits per heavy atom. The monoisotopic (exact) mass is 297 g/mol. The first kappa shape index (κ1) is 13.4. The van der Waals surface area contributed by atoms with Gasteiger partial charge in [-0.2, -0.15) is 0 Å². The summed E-state index contributed by atoms with van der Waals surface area (Å²) in [5, 5.41) is 6.87. The molecule has 1 aromatic heterocycles. The first-order chi connectivity index (χ1) is 10.8. The molecule has 1 aliphatic heterocycles. The Labute approximate surface area is 129 Å². The fourth-order valence-corrected chi connectivity index (χ4v) is 2.96. The van der Waals surface area contributed by atoms with Crippen molar-refractivity contribution in [2.45, 2.75) is 31.6 Å². The number of benzene rings is 1. The standard InChI is InChI=1S/C17H19N3O2/c21-17(14-11-16(22-19-14)12-7-8-12)18-13-5-1-2-6-15(13)20-9-3-4-10-20/h1-2,5-6,11-12H,3-4,7-10H2,(H,18,21). The van der Waals surface area contributed by atoms with Crippen LogP contribution in [0.3, 0.4) is 0 Å². The van der Waals surface area contributed by atoms with E-state index >= 15 is 0 Å². The maximum absolute atomic E-state index is 12.4. The van der Waals surface area contributed by atoms with Crippen LogP contribution in [0, 0.1) is 0 Å². The van der Waals surface area contributed by atoms with Crippen molar-refractivity contribution < 1.29 is 9.32 Å². The summed E-state index contributed by atoms with van der Waals surface area (Å²) in [5.74, 6) is 1.09. The van der Waals surface area contributed by atoms with Crippen LogP contribution in [0.15, 0.2) is 34.9 Å². The summed E-state index contributed by atoms with van der Waals surface area (Å²) in [5.41, 5.74) is 2.28. The average Bonchev–Trinajstić information content (AvgIpc) is 3.05. The van der Waals surface area contributed by atoms with Gasteiger partial charge in [0.1, 0.15) is 5.76 Å². The number of amides is 1. The van der Waals surface area contributed by atoms with E-state index in [0.29, 0.717) is 11.6 Å². The molecular formula is C17H19N3O2. The molecule has 2 fully saturated rings. The molecule has 1 saturated heterocycles. The molecule has 22 heavy (non-hydrogen) atoms. The molecule has 0 radical (unpaired) electrons. The van der Waals surface area contributed by atoms with Crippen LogP contribution in [-0.2, 0) is 0 Å². The molecule has 1 aliphatic carbocycles. The normalized spacial score (nSPS) is 17.7. The Bertz CT molecular complexity index is 685. The zero-order valence-corrected chi connectivity index (χ0v) is 12.4. The van der Waals surface area contributed by atoms with Crippen LogP contribution in [0.2, 0.25) is 0 Å². The fourth-order valence-electron chi connectivity index (χ4n) is 2.96. The summed E-state index contributed by atoms with van der Waals surface area (Å²) in [6, 6.07) is 9.70. The highest BCUT2D eigenvalue weighted by Crippen LogP contribution is 2.40. The quantitative estimate of drug-likeness (QED) is 0.939. The Hall–Kier alpha value is -2.30. The van der Waals surface area contributed by atoms with Crippen molar-refractivity contribution >= 4 is 17.3 Å². The van der Waals surface area contributed by atoms with Crippen LogP contribution in [0.25, 0.3) is 0 Å². The van der Waals surface area contributed by atoms with Gasteiger partial charge < -0.3 is 14.7 Å². The largest absolute Gasteiger partial charge is 0.370 e. The summed E-state index contributed by atoms with van der Waals surface area (Å²) in [6.45, 7) is 2.09. The van der Waals surface area contributed by atoms with Gasteiger partial charge in [-0.3, -0.25) is 4.79 Å². The summed E-state index contributed by atoms with van der Waals surface area (Å²) in [4.78, 5) is 14.7. The molecule has 1 amide bonds. The molecule has 1 N–H and O–H groups in total. The van der Waals surface area contributed by atoms with E-state index in [1.54, 1.807) is 6.07 Å². The summed E-state index contributed by atoms with van der Waals surface area (Å²) in [6.07, 6.45) is 4.68. The van der Waals surface area contributed by atoms with E-state index in [0.717, 1.165) is 43.1 Å². The summed E-state index contributed by atoms with van der Waals surface area (Å²) in [7, 11) is 0. The molecule has 2 heterocycles. The molecule has 0 unspecified atom stereocenters. The number of carbonyl (C=O) groups is 1. The molecule has 1 aromatic carbocycles. The van der Waals surface area contributed by atoms with Gasteiger partial charge in [-0.15, -0.1) is 0 Å². The minimum Gasteiger partial charge on any atom is -0.370 e. The van der Waals surface area contributed by atoms with Crippen LogP contribution in [0.1, 0.15) is 47.8 Å². The first-order valence-electron chi connectivity index (χ1n) is 7.93. The summed E-state index contributed by atoms with van der Waals surface area (Å²) < 4.78 is 5.26. The number of hydrogen-bond donors (Lipinski definition) is 1. The first-order valence-corrected chi connectivity index (χ1v) is 7.93. The van der Waals surface area contributed by atoms with Crippen molar-refractivity contribution in [2.75, 3.05) is 23.3 Å². The second kappa shape index (κ2) is 5.48. The molecule has 1 saturated carbocycles. The highest BCUT2D eigenvalue weighted by atomic mass is 16.5. The lowest BCUT2D eigenvalue weighted by Crippen LogP contribution is -2.21. The van der Waals surface area contributed by atoms with Crippen molar-refractivity contribution in [1.29, 1.82) is 0 Å². The molecule has 5 heteroatoms. The van der Waals surface area contributed by atoms with E-state index < -0.39 is 0 Å². The van der Waals surface area contributed by atoms with Gasteiger partial charge in [-0.1, -0.05) is 17.3 Å². The lowest BCUT2D eigenvalue weighted by atomic mass is 10.2. The van der Waals surface area contributed by atoms with Crippen LogP contribution in [-0.4, -0.2) is 24.2 Å². The van der Waals surface area contributed by atoms with E-state index in [9.17, 15) is 4.79 Å². The molecule has 0 spiro atoms. The Morgan fingerprint density at radius 1 is 1.23 bits per heavy atom. The number of nitrogens with zero attached hydrogens (tertiary/aromatic N) is 2. The van der Waals surface area contributed by atoms with E-state index in [-0.39, 0.29) is 5.91 Å². The van der Waals surface area contributed by atoms with Crippen molar-refractivity contribution in [3.8, 4) is 0 Å². The van der Waals surface area contributed by atoms with Crippen molar-refractivity contribution in [2.24, 2.45) is 0 Å². The van der Waals surface area contributed by atoms with Gasteiger partial charge in [0.15, 0.2) is 5.69 Å². The van der Waals surface area contributed by atoms with E-state index in [2.05, 4.69) is 21.4 Å². The lowest BCUT2D eigenvalue weighted by Gasteiger charge is -2.21. The number of anilines is 2. The minimum atomic E-state index is -0.206. The zero-order chi connectivity index (χ0) is 14.9. The third-order valence-electron chi connectivity index (χ3n) is 4.34. The molecule has 114 valence electrons. The Balaban J connectivity index is 1.53. The molecule has 2 aliphatic rings. The van der Waals surface area contributed by atoms with Crippen molar-refractivity contribution in [3.05, 3.63) is 41.8 Å². The predicted molar refractivity (Wildman–Crippen MR) is 84.3 cm³/mol. The lowest BCUT2D eigenvalue weighted by molar-refractivity contribution is 0.101. The molecule has 2 aromatic rings. The van der Waals surface area contributed by atoms with Gasteiger partial charge >= 0.3 is 0 Å². The average molecular weight is 297 g/mol. The number of carbonyl (C=O) groups excluding carboxylic acids is 1. The van der Waals surface area contributed by atoms with Crippen LogP contribution < -0.4 is 10.2 Å². The number of rotatable bonds is 4. The number of nitrogens with one attached hydrogen (secondary N) is 1. The maximum atomic E-state index is 12.4. The molecule has 0 bridgehead atoms. The fraction of sp³-hybridized carbons (Fsp3) is 0.412. The van der Waals surface area contributed by atoms with Crippen LogP contribution >= 0.6 is 0 Å². The SMILES string of the molecule is O=C(Nc1ccccc1N1CCCC1)c1cc(C2CC2)on1. The van der Waals surface area contributed by atoms with E-state index in [4.69, 9.17) is 4.52 Å². The molecule has 5 nitrogen and oxygen atoms in total. The van der Waals surface area contributed by atoms with Crippen LogP contribution in [0.4, 0.5) is 11.4 Å². The second-order valence-corrected chi connectivity index (χ2v) is 6.05. The minimum absolute atomic E-state index is 0.206. The van der Waals surface area contributed by atoms with Gasteiger partial charge in [0.2, 0.25) is 0 Å². The summed E-state index contributed by atoms with van der Waals surface area (Å²) >= 11 is 0. The topological polar surface area (TPSA) is 58.4 Å². The third kappa shape index (κ3) is 2.58. The molecular weight excluding hydrogens is 278 g/mol. The van der Waals surface area contributed by atoms with Gasteiger partial charge in [0, 0.05) is 25.1 Å². The predicted octanol–water partition coefficient (Wildman–Crippen LogP) is 3.40. The zero-order valence-electron chi connectivity index (χ0n) is 12.4. The van der Waals surface area contributed by atoms with Gasteiger partial charge in [0.25, 0.3) is 5.91 Å². The maximum Gasteiger partial charge on any atom is 0.277 e. The van der Waals surface area contributed by atoms with Gasteiger partial charge in [-0.05, 0) is 37.8 Å². The molecule has 4 rings (SSSR count). The van der Waals surface area contributed by atoms with Crippen LogP contribution in [0.5, 0.6) is 0 Å². The van der Waals surface area contributed by atoms with Gasteiger partial charge in [-0.25, -0.2) is 0 Å². The smallest absolute Gasteiger partial charge is 0.277 e. The van der Waals surface area contributed by atoms with E-state index in [1.165, 1.54) is 12.8 Å². The Morgan fingerprint density at radius 2 is 2.00 bits per heavy atom. The van der Waals surface area contributed by atoms with Crippen molar-refractivity contribution in [3.63, 3.8) is 0 Å². The number of para-hydroxylation sites is 2. The van der Waals surface area contributed by atoms with E-state index in [1.807, 2.05) is 18.2 Å². The molecule has 0 atom stereocenters.